The van der Waals surface area contributed by atoms with Gasteiger partial charge >= 0.3 is 0 Å². The predicted molar refractivity (Wildman–Crippen MR) is 142 cm³/mol. The molecule has 0 spiro atoms. The van der Waals surface area contributed by atoms with E-state index in [2.05, 4.69) is 79.1 Å². The van der Waals surface area contributed by atoms with E-state index in [0.717, 1.165) is 65.6 Å². The second-order valence-electron chi connectivity index (χ2n) is 9.87. The molecule has 2 aromatic carbocycles. The van der Waals surface area contributed by atoms with E-state index in [1.807, 2.05) is 18.6 Å². The zero-order valence-electron chi connectivity index (χ0n) is 20.1. The topological polar surface area (TPSA) is 94.3 Å². The average Bonchev–Trinajstić information content (AvgIpc) is 3.75. The van der Waals surface area contributed by atoms with Gasteiger partial charge in [0.2, 0.25) is 0 Å². The van der Waals surface area contributed by atoms with Gasteiger partial charge in [-0.2, -0.15) is 0 Å². The number of nitrogens with zero attached hydrogens (tertiary/aromatic N) is 3. The summed E-state index contributed by atoms with van der Waals surface area (Å²) >= 11 is 0. The Bertz CT molecular complexity index is 1500. The van der Waals surface area contributed by atoms with Crippen LogP contribution in [0.2, 0.25) is 0 Å². The number of rotatable bonds is 5. The highest BCUT2D eigenvalue weighted by molar-refractivity contribution is 5.89. The van der Waals surface area contributed by atoms with Crippen LogP contribution in [0, 0.1) is 0 Å². The molecule has 2 atom stereocenters. The van der Waals surface area contributed by atoms with Gasteiger partial charge in [-0.15, -0.1) is 0 Å². The van der Waals surface area contributed by atoms with Gasteiger partial charge in [0.1, 0.15) is 11.6 Å². The first kappa shape index (κ1) is 21.5. The minimum absolute atomic E-state index is 0.327. The minimum atomic E-state index is 0.327. The Balaban J connectivity index is 1.11. The van der Waals surface area contributed by atoms with Crippen LogP contribution in [0.1, 0.15) is 49.4 Å². The van der Waals surface area contributed by atoms with Crippen molar-refractivity contribution in [2.24, 2.45) is 0 Å². The summed E-state index contributed by atoms with van der Waals surface area (Å²) in [5.41, 5.74) is 6.46. The van der Waals surface area contributed by atoms with Crippen LogP contribution in [0.4, 0.5) is 0 Å². The van der Waals surface area contributed by atoms with Crippen LogP contribution in [0.3, 0.4) is 0 Å². The summed E-state index contributed by atoms with van der Waals surface area (Å²) < 4.78 is 0. The summed E-state index contributed by atoms with van der Waals surface area (Å²) in [7, 11) is 0. The first-order valence-corrected chi connectivity index (χ1v) is 12.9. The maximum atomic E-state index is 4.73. The normalized spacial score (nSPS) is 19.9. The van der Waals surface area contributed by atoms with E-state index < -0.39 is 0 Å². The van der Waals surface area contributed by atoms with Crippen molar-refractivity contribution in [1.29, 1.82) is 0 Å². The largest absolute Gasteiger partial charge is 0.341 e. The molecule has 0 radical (unpaired) electrons. The zero-order chi connectivity index (χ0) is 23.9. The molecular weight excluding hydrogens is 446 g/mol. The molecule has 7 rings (SSSR count). The average molecular weight is 476 g/mol. The number of hydrogen-bond acceptors (Lipinski definition) is 5. The highest BCUT2D eigenvalue weighted by atomic mass is 15.0. The first-order chi connectivity index (χ1) is 17.8. The maximum absolute atomic E-state index is 4.73. The molecule has 2 saturated heterocycles. The molecule has 0 amide bonds. The quantitative estimate of drug-likeness (QED) is 0.268. The van der Waals surface area contributed by atoms with Crippen molar-refractivity contribution in [2.45, 2.75) is 37.8 Å². The van der Waals surface area contributed by atoms with Crippen molar-refractivity contribution < 1.29 is 0 Å². The standard InChI is InChI=1S/C29H29N7/c1-3-23(30-11-1)28-33-16-26(35-28)19-7-5-18(6-8-19)20-9-10-21-14-25(32-15-22(21)13-20)27-17-34-29(36-27)24-4-2-12-31-24/h5-10,13-17,23-24,30-31H,1-4,11-12H2,(H,33,35)(H,34,36). The van der Waals surface area contributed by atoms with Gasteiger partial charge in [-0.25, -0.2) is 9.97 Å². The first-order valence-electron chi connectivity index (χ1n) is 12.9. The second kappa shape index (κ2) is 9.00. The van der Waals surface area contributed by atoms with Crippen LogP contribution in [0.25, 0.3) is 44.5 Å². The van der Waals surface area contributed by atoms with Gasteiger partial charge in [0.05, 0.1) is 41.6 Å². The molecule has 180 valence electrons. The Morgan fingerprint density at radius 1 is 0.583 bits per heavy atom. The van der Waals surface area contributed by atoms with Crippen LogP contribution in [0.15, 0.2) is 67.1 Å². The molecule has 7 heteroatoms. The lowest BCUT2D eigenvalue weighted by Crippen LogP contribution is -2.14. The third-order valence-corrected chi connectivity index (χ3v) is 7.50. The molecular formula is C29H29N7. The van der Waals surface area contributed by atoms with Crippen molar-refractivity contribution in [1.82, 2.24) is 35.6 Å². The number of H-pyrrole nitrogens is 2. The SMILES string of the molecule is c1cc(-c2cnc(C3CCCN3)[nH]2)ccc1-c1ccc2cc(-c3cnc(C4CCCN4)[nH]3)ncc2c1. The number of pyridine rings is 1. The van der Waals surface area contributed by atoms with E-state index in [-0.39, 0.29) is 0 Å². The number of nitrogens with one attached hydrogen (secondary N) is 4. The van der Waals surface area contributed by atoms with Crippen molar-refractivity contribution in [2.75, 3.05) is 13.1 Å². The number of hydrogen-bond donors (Lipinski definition) is 4. The van der Waals surface area contributed by atoms with Crippen LogP contribution in [-0.4, -0.2) is 38.0 Å². The molecule has 7 nitrogen and oxygen atoms in total. The van der Waals surface area contributed by atoms with E-state index in [0.29, 0.717) is 12.1 Å². The zero-order valence-corrected chi connectivity index (χ0v) is 20.1. The van der Waals surface area contributed by atoms with Gasteiger partial charge in [-0.05, 0) is 73.0 Å². The van der Waals surface area contributed by atoms with Crippen molar-refractivity contribution in [3.63, 3.8) is 0 Å². The molecule has 2 fully saturated rings. The Hall–Kier alpha value is -3.81. The molecule has 36 heavy (non-hydrogen) atoms. The second-order valence-corrected chi connectivity index (χ2v) is 9.87. The number of aromatic amines is 2. The number of aromatic nitrogens is 5. The van der Waals surface area contributed by atoms with E-state index in [9.17, 15) is 0 Å². The Kier molecular flexibility index (Phi) is 5.37. The van der Waals surface area contributed by atoms with Crippen LogP contribution >= 0.6 is 0 Å². The van der Waals surface area contributed by atoms with Crippen LogP contribution < -0.4 is 10.6 Å². The lowest BCUT2D eigenvalue weighted by atomic mass is 10.00. The van der Waals surface area contributed by atoms with E-state index in [1.165, 1.54) is 29.4 Å². The number of fused-ring (bicyclic) bond motifs is 1. The summed E-state index contributed by atoms with van der Waals surface area (Å²) in [5.74, 6) is 2.04. The van der Waals surface area contributed by atoms with Gasteiger partial charge in [-0.3, -0.25) is 4.98 Å². The summed E-state index contributed by atoms with van der Waals surface area (Å²) in [4.78, 5) is 20.9. The molecule has 2 aliphatic rings. The van der Waals surface area contributed by atoms with Gasteiger partial charge in [0, 0.05) is 11.6 Å². The number of benzene rings is 2. The Labute approximate surface area is 209 Å². The fourth-order valence-corrected chi connectivity index (χ4v) is 5.45. The molecule has 0 saturated carbocycles. The highest BCUT2D eigenvalue weighted by Crippen LogP contribution is 2.30. The summed E-state index contributed by atoms with van der Waals surface area (Å²) in [6.45, 7) is 2.13. The fraction of sp³-hybridized carbons (Fsp3) is 0.276. The number of imidazole rings is 2. The van der Waals surface area contributed by atoms with Gasteiger partial charge in [0.25, 0.3) is 0 Å². The van der Waals surface area contributed by atoms with Crippen molar-refractivity contribution in [3.05, 3.63) is 78.8 Å². The minimum Gasteiger partial charge on any atom is -0.341 e. The summed E-state index contributed by atoms with van der Waals surface area (Å²) in [6, 6.07) is 18.1. The van der Waals surface area contributed by atoms with Gasteiger partial charge in [0.15, 0.2) is 0 Å². The smallest absolute Gasteiger partial charge is 0.123 e. The van der Waals surface area contributed by atoms with E-state index in [1.54, 1.807) is 0 Å². The van der Waals surface area contributed by atoms with Gasteiger partial charge < -0.3 is 20.6 Å². The lowest BCUT2D eigenvalue weighted by molar-refractivity contribution is 0.613. The third-order valence-electron chi connectivity index (χ3n) is 7.50. The highest BCUT2D eigenvalue weighted by Gasteiger charge is 2.20. The lowest BCUT2D eigenvalue weighted by Gasteiger charge is -2.08. The Morgan fingerprint density at radius 3 is 1.92 bits per heavy atom. The molecule has 4 N–H and O–H groups in total. The molecule has 3 aromatic heterocycles. The van der Waals surface area contributed by atoms with Crippen LogP contribution in [-0.2, 0) is 0 Å². The van der Waals surface area contributed by atoms with Crippen LogP contribution in [0.5, 0.6) is 0 Å². The fourth-order valence-electron chi connectivity index (χ4n) is 5.45. The maximum Gasteiger partial charge on any atom is 0.123 e. The third kappa shape index (κ3) is 4.00. The molecule has 2 aliphatic heterocycles. The van der Waals surface area contributed by atoms with Gasteiger partial charge in [-0.1, -0.05) is 36.4 Å². The Morgan fingerprint density at radius 2 is 1.22 bits per heavy atom. The molecule has 0 bridgehead atoms. The molecule has 5 heterocycles. The summed E-state index contributed by atoms with van der Waals surface area (Å²) in [6.07, 6.45) is 10.5. The van der Waals surface area contributed by atoms with E-state index >= 15 is 0 Å². The van der Waals surface area contributed by atoms with Crippen molar-refractivity contribution >= 4 is 10.8 Å². The molecule has 5 aromatic rings. The summed E-state index contributed by atoms with van der Waals surface area (Å²) in [5, 5.41) is 9.29. The predicted octanol–water partition coefficient (Wildman–Crippen LogP) is 5.53. The monoisotopic (exact) mass is 475 g/mol. The molecule has 2 unspecified atom stereocenters. The van der Waals surface area contributed by atoms with Crippen molar-refractivity contribution in [3.8, 4) is 33.8 Å². The van der Waals surface area contributed by atoms with E-state index in [4.69, 9.17) is 4.98 Å². The molecule has 0 aliphatic carbocycles.